The van der Waals surface area contributed by atoms with Gasteiger partial charge in [-0.3, -0.25) is 4.79 Å². The molecule has 0 saturated carbocycles. The third kappa shape index (κ3) is 2.82. The molecule has 2 rings (SSSR count). The summed E-state index contributed by atoms with van der Waals surface area (Å²) in [4.78, 5) is 15.7. The number of methoxy groups -OCH3 is 2. The van der Waals surface area contributed by atoms with E-state index in [1.807, 2.05) is 19.4 Å². The normalized spacial score (nSPS) is 10.6. The van der Waals surface area contributed by atoms with Crippen LogP contribution in [0, 0.1) is 6.92 Å². The largest absolute Gasteiger partial charge is 0.481 e. The van der Waals surface area contributed by atoms with Crippen LogP contribution in [0.5, 0.6) is 5.88 Å². The minimum absolute atomic E-state index is 0.227. The molecule has 0 aromatic carbocycles. The highest BCUT2D eigenvalue weighted by Gasteiger charge is 2.19. The van der Waals surface area contributed by atoms with Gasteiger partial charge in [0, 0.05) is 18.8 Å². The van der Waals surface area contributed by atoms with Crippen LogP contribution in [0.1, 0.15) is 17.8 Å². The van der Waals surface area contributed by atoms with Crippen molar-refractivity contribution in [1.29, 1.82) is 0 Å². The van der Waals surface area contributed by atoms with E-state index in [0.717, 1.165) is 22.0 Å². The van der Waals surface area contributed by atoms with E-state index in [4.69, 9.17) is 4.74 Å². The quantitative estimate of drug-likeness (QED) is 0.789. The van der Waals surface area contributed by atoms with Crippen molar-refractivity contribution >= 4 is 17.3 Å². The molecule has 20 heavy (non-hydrogen) atoms. The molecule has 0 aliphatic carbocycles. The average Bonchev–Trinajstić information content (AvgIpc) is 2.99. The van der Waals surface area contributed by atoms with Crippen molar-refractivity contribution < 1.29 is 14.3 Å². The summed E-state index contributed by atoms with van der Waals surface area (Å²) in [5, 5.41) is 7.14. The fourth-order valence-corrected chi connectivity index (χ4v) is 2.93. The van der Waals surface area contributed by atoms with Crippen molar-refractivity contribution in [3.63, 3.8) is 0 Å². The van der Waals surface area contributed by atoms with Crippen molar-refractivity contribution in [2.75, 3.05) is 14.2 Å². The summed E-state index contributed by atoms with van der Waals surface area (Å²) in [5.74, 6) is 0.464. The average molecular weight is 295 g/mol. The van der Waals surface area contributed by atoms with Gasteiger partial charge in [0.1, 0.15) is 5.01 Å². The topological polar surface area (TPSA) is 66.2 Å². The third-order valence-electron chi connectivity index (χ3n) is 2.94. The first-order valence-corrected chi connectivity index (χ1v) is 7.04. The number of rotatable bonds is 5. The molecule has 7 heteroatoms. The SMILES string of the molecule is COC(=O)CCc1csc(-c2c(C)nn(C)c2OC)n1. The van der Waals surface area contributed by atoms with Crippen molar-refractivity contribution in [2.24, 2.45) is 7.05 Å². The Kier molecular flexibility index (Phi) is 4.39. The number of carbonyl (C=O) groups is 1. The second kappa shape index (κ2) is 6.04. The maximum Gasteiger partial charge on any atom is 0.305 e. The second-order valence-corrected chi connectivity index (χ2v) is 5.17. The zero-order chi connectivity index (χ0) is 14.7. The highest BCUT2D eigenvalue weighted by atomic mass is 32.1. The number of thiazole rings is 1. The molecule has 0 spiro atoms. The van der Waals surface area contributed by atoms with Crippen LogP contribution in [0.4, 0.5) is 0 Å². The Bertz CT molecular complexity index is 618. The van der Waals surface area contributed by atoms with Crippen LogP contribution in [0.15, 0.2) is 5.38 Å². The van der Waals surface area contributed by atoms with Crippen LogP contribution < -0.4 is 4.74 Å². The molecule has 0 bridgehead atoms. The van der Waals surface area contributed by atoms with Crippen LogP contribution >= 0.6 is 11.3 Å². The summed E-state index contributed by atoms with van der Waals surface area (Å²) in [6.45, 7) is 1.92. The Labute approximate surface area is 121 Å². The number of aryl methyl sites for hydroxylation is 3. The fraction of sp³-hybridized carbons (Fsp3) is 0.462. The summed E-state index contributed by atoms with van der Waals surface area (Å²) in [5.41, 5.74) is 2.66. The van der Waals surface area contributed by atoms with E-state index in [0.29, 0.717) is 18.7 Å². The molecule has 0 aliphatic rings. The van der Waals surface area contributed by atoms with Gasteiger partial charge < -0.3 is 9.47 Å². The van der Waals surface area contributed by atoms with Gasteiger partial charge in [-0.2, -0.15) is 5.10 Å². The maximum absolute atomic E-state index is 11.1. The van der Waals surface area contributed by atoms with E-state index in [-0.39, 0.29) is 5.97 Å². The second-order valence-electron chi connectivity index (χ2n) is 4.31. The molecule has 0 aliphatic heterocycles. The van der Waals surface area contributed by atoms with E-state index in [9.17, 15) is 4.79 Å². The molecule has 0 fully saturated rings. The van der Waals surface area contributed by atoms with Crippen molar-refractivity contribution in [1.82, 2.24) is 14.8 Å². The van der Waals surface area contributed by atoms with Gasteiger partial charge in [-0.25, -0.2) is 9.67 Å². The van der Waals surface area contributed by atoms with Gasteiger partial charge in [-0.15, -0.1) is 11.3 Å². The first kappa shape index (κ1) is 14.5. The van der Waals surface area contributed by atoms with Crippen molar-refractivity contribution in [3.05, 3.63) is 16.8 Å². The standard InChI is InChI=1S/C13H17N3O3S/c1-8-11(13(19-4)16(2)15-8)12-14-9(7-20-12)5-6-10(17)18-3/h7H,5-6H2,1-4H3. The van der Waals surface area contributed by atoms with Crippen LogP contribution in [-0.4, -0.2) is 35.0 Å². The summed E-state index contributed by atoms with van der Waals surface area (Å²) >= 11 is 1.52. The van der Waals surface area contributed by atoms with Gasteiger partial charge in [-0.05, 0) is 6.92 Å². The van der Waals surface area contributed by atoms with E-state index in [1.165, 1.54) is 18.4 Å². The lowest BCUT2D eigenvalue weighted by Crippen LogP contribution is -2.02. The fourth-order valence-electron chi connectivity index (χ4n) is 1.99. The molecule has 0 saturated heterocycles. The predicted molar refractivity (Wildman–Crippen MR) is 75.9 cm³/mol. The van der Waals surface area contributed by atoms with Gasteiger partial charge >= 0.3 is 5.97 Å². The molecule has 2 aromatic rings. The number of hydrogen-bond acceptors (Lipinski definition) is 6. The van der Waals surface area contributed by atoms with E-state index >= 15 is 0 Å². The molecule has 6 nitrogen and oxygen atoms in total. The lowest BCUT2D eigenvalue weighted by Gasteiger charge is -2.01. The zero-order valence-electron chi connectivity index (χ0n) is 12.0. The third-order valence-corrected chi connectivity index (χ3v) is 3.85. The summed E-state index contributed by atoms with van der Waals surface area (Å²) in [6, 6.07) is 0. The number of aromatic nitrogens is 3. The predicted octanol–water partition coefficient (Wildman–Crippen LogP) is 1.97. The Morgan fingerprint density at radius 3 is 2.85 bits per heavy atom. The van der Waals surface area contributed by atoms with Crippen LogP contribution in [0.3, 0.4) is 0 Å². The Morgan fingerprint density at radius 2 is 2.20 bits per heavy atom. The minimum Gasteiger partial charge on any atom is -0.481 e. The number of carbonyl (C=O) groups excluding carboxylic acids is 1. The lowest BCUT2D eigenvalue weighted by atomic mass is 10.2. The van der Waals surface area contributed by atoms with Gasteiger partial charge in [0.25, 0.3) is 0 Å². The molecule has 0 unspecified atom stereocenters. The van der Waals surface area contributed by atoms with Gasteiger partial charge in [0.2, 0.25) is 5.88 Å². The lowest BCUT2D eigenvalue weighted by molar-refractivity contribution is -0.140. The number of esters is 1. The smallest absolute Gasteiger partial charge is 0.305 e. The van der Waals surface area contributed by atoms with E-state index in [1.54, 1.807) is 11.8 Å². The number of hydrogen-bond donors (Lipinski definition) is 0. The number of ether oxygens (including phenoxy) is 2. The molecule has 108 valence electrons. The van der Waals surface area contributed by atoms with Crippen molar-refractivity contribution in [3.8, 4) is 16.5 Å². The molecular formula is C13H17N3O3S. The monoisotopic (exact) mass is 295 g/mol. The summed E-state index contributed by atoms with van der Waals surface area (Å²) in [6.07, 6.45) is 0.910. The van der Waals surface area contributed by atoms with Gasteiger partial charge in [0.15, 0.2) is 0 Å². The Hall–Kier alpha value is -1.89. The van der Waals surface area contributed by atoms with Crippen LogP contribution in [0.2, 0.25) is 0 Å². The Morgan fingerprint density at radius 1 is 1.45 bits per heavy atom. The molecule has 2 aromatic heterocycles. The summed E-state index contributed by atoms with van der Waals surface area (Å²) < 4.78 is 11.7. The highest BCUT2D eigenvalue weighted by Crippen LogP contribution is 2.34. The Balaban J connectivity index is 2.23. The molecular weight excluding hydrogens is 278 g/mol. The molecule has 0 N–H and O–H groups in total. The first-order valence-electron chi connectivity index (χ1n) is 6.16. The maximum atomic E-state index is 11.1. The first-order chi connectivity index (χ1) is 9.56. The van der Waals surface area contributed by atoms with Crippen LogP contribution in [0.25, 0.3) is 10.6 Å². The molecule has 0 radical (unpaired) electrons. The highest BCUT2D eigenvalue weighted by molar-refractivity contribution is 7.13. The van der Waals surface area contributed by atoms with Crippen molar-refractivity contribution in [2.45, 2.75) is 19.8 Å². The minimum atomic E-state index is -0.227. The van der Waals surface area contributed by atoms with Gasteiger partial charge in [0.05, 0.1) is 37.6 Å². The van der Waals surface area contributed by atoms with Gasteiger partial charge in [-0.1, -0.05) is 0 Å². The van der Waals surface area contributed by atoms with Crippen LogP contribution in [-0.2, 0) is 23.0 Å². The van der Waals surface area contributed by atoms with E-state index < -0.39 is 0 Å². The molecule has 0 atom stereocenters. The number of nitrogens with zero attached hydrogens (tertiary/aromatic N) is 3. The zero-order valence-corrected chi connectivity index (χ0v) is 12.8. The molecule has 2 heterocycles. The summed E-state index contributed by atoms with van der Waals surface area (Å²) in [7, 11) is 4.84. The molecule has 0 amide bonds. The van der Waals surface area contributed by atoms with E-state index in [2.05, 4.69) is 14.8 Å².